The number of hydrogen-bond donors (Lipinski definition) is 1. The first-order chi connectivity index (χ1) is 11.0. The summed E-state index contributed by atoms with van der Waals surface area (Å²) in [5, 5.41) is 0. The molecule has 0 saturated heterocycles. The highest BCUT2D eigenvalue weighted by atomic mass is 31.2. The SMILES string of the molecule is COP(=O)(O)[C@@H](c1ccccc1)N1C(=O)c2ccccc2C1=O. The zero-order valence-corrected chi connectivity index (χ0v) is 13.1. The average molecular weight is 331 g/mol. The topological polar surface area (TPSA) is 83.9 Å². The van der Waals surface area contributed by atoms with E-state index >= 15 is 0 Å². The predicted molar refractivity (Wildman–Crippen MR) is 83.0 cm³/mol. The van der Waals surface area contributed by atoms with E-state index in [1.165, 1.54) is 12.1 Å². The molecule has 0 saturated carbocycles. The molecule has 0 fully saturated rings. The molecule has 0 spiro atoms. The van der Waals surface area contributed by atoms with Gasteiger partial charge in [0, 0.05) is 7.11 Å². The maximum Gasteiger partial charge on any atom is 0.355 e. The molecule has 2 atom stereocenters. The largest absolute Gasteiger partial charge is 0.355 e. The number of imide groups is 1. The molecule has 1 aliphatic heterocycles. The summed E-state index contributed by atoms with van der Waals surface area (Å²) >= 11 is 0. The van der Waals surface area contributed by atoms with E-state index in [1.54, 1.807) is 42.5 Å². The Balaban J connectivity index is 2.15. The fourth-order valence-corrected chi connectivity index (χ4v) is 3.89. The Labute approximate surface area is 132 Å². The molecule has 23 heavy (non-hydrogen) atoms. The summed E-state index contributed by atoms with van der Waals surface area (Å²) in [5.74, 6) is -2.60. The number of fused-ring (bicyclic) bond motifs is 1. The Bertz CT molecular complexity index is 785. The number of amides is 2. The summed E-state index contributed by atoms with van der Waals surface area (Å²) in [5.41, 5.74) is 0.791. The molecule has 0 radical (unpaired) electrons. The molecule has 0 aromatic heterocycles. The van der Waals surface area contributed by atoms with Crippen molar-refractivity contribution in [3.63, 3.8) is 0 Å². The van der Waals surface area contributed by atoms with Crippen molar-refractivity contribution in [1.29, 1.82) is 0 Å². The number of nitrogens with zero attached hydrogens (tertiary/aromatic N) is 1. The average Bonchev–Trinajstić information content (AvgIpc) is 2.82. The molecular weight excluding hydrogens is 317 g/mol. The third-order valence-electron chi connectivity index (χ3n) is 3.74. The fraction of sp³-hybridized carbons (Fsp3) is 0.125. The standard InChI is InChI=1S/C16H14NO5P/c1-22-23(20,21)16(11-7-3-2-4-8-11)17-14(18)12-9-5-6-10-13(12)15(17)19/h2-10,16H,1H3,(H,20,21)/t16-/m0/s1. The number of rotatable bonds is 4. The van der Waals surface area contributed by atoms with Crippen LogP contribution in [0.15, 0.2) is 54.6 Å². The van der Waals surface area contributed by atoms with Crippen molar-refractivity contribution in [2.45, 2.75) is 5.78 Å². The predicted octanol–water partition coefficient (Wildman–Crippen LogP) is 2.81. The molecule has 1 aliphatic rings. The van der Waals surface area contributed by atoms with Crippen LogP contribution < -0.4 is 0 Å². The molecule has 1 unspecified atom stereocenters. The van der Waals surface area contributed by atoms with Crippen molar-refractivity contribution < 1.29 is 23.6 Å². The van der Waals surface area contributed by atoms with Gasteiger partial charge in [-0.15, -0.1) is 0 Å². The van der Waals surface area contributed by atoms with Gasteiger partial charge >= 0.3 is 7.60 Å². The minimum absolute atomic E-state index is 0.217. The highest BCUT2D eigenvalue weighted by Crippen LogP contribution is 2.58. The molecule has 2 amide bonds. The maximum atomic E-state index is 12.6. The molecule has 118 valence electrons. The third-order valence-corrected chi connectivity index (χ3v) is 5.41. The summed E-state index contributed by atoms with van der Waals surface area (Å²) < 4.78 is 17.2. The van der Waals surface area contributed by atoms with Crippen LogP contribution in [0.3, 0.4) is 0 Å². The first-order valence-corrected chi connectivity index (χ1v) is 8.52. The van der Waals surface area contributed by atoms with Crippen molar-refractivity contribution in [2.24, 2.45) is 0 Å². The van der Waals surface area contributed by atoms with Crippen LogP contribution in [0.25, 0.3) is 0 Å². The summed E-state index contributed by atoms with van der Waals surface area (Å²) in [6, 6.07) is 14.5. The molecule has 2 aromatic carbocycles. The van der Waals surface area contributed by atoms with Gasteiger partial charge in [0.25, 0.3) is 11.8 Å². The van der Waals surface area contributed by atoms with E-state index in [4.69, 9.17) is 4.52 Å². The molecular formula is C16H14NO5P. The molecule has 1 heterocycles. The lowest BCUT2D eigenvalue weighted by molar-refractivity contribution is 0.0609. The van der Waals surface area contributed by atoms with Crippen LogP contribution in [-0.4, -0.2) is 28.7 Å². The molecule has 6 nitrogen and oxygen atoms in total. The Morgan fingerprint density at radius 2 is 1.43 bits per heavy atom. The van der Waals surface area contributed by atoms with Gasteiger partial charge in [-0.25, -0.2) is 0 Å². The molecule has 0 bridgehead atoms. The number of hydrogen-bond acceptors (Lipinski definition) is 4. The van der Waals surface area contributed by atoms with Gasteiger partial charge in [-0.1, -0.05) is 42.5 Å². The van der Waals surface area contributed by atoms with E-state index in [0.717, 1.165) is 12.0 Å². The first kappa shape index (κ1) is 15.6. The van der Waals surface area contributed by atoms with Crippen LogP contribution in [0.1, 0.15) is 32.1 Å². The maximum absolute atomic E-state index is 12.6. The monoisotopic (exact) mass is 331 g/mol. The van der Waals surface area contributed by atoms with E-state index < -0.39 is 25.2 Å². The van der Waals surface area contributed by atoms with Gasteiger partial charge in [0.1, 0.15) is 0 Å². The lowest BCUT2D eigenvalue weighted by atomic mass is 10.1. The van der Waals surface area contributed by atoms with Crippen LogP contribution in [-0.2, 0) is 9.09 Å². The highest BCUT2D eigenvalue weighted by Gasteiger charge is 2.48. The quantitative estimate of drug-likeness (QED) is 0.688. The van der Waals surface area contributed by atoms with Crippen molar-refractivity contribution in [3.8, 4) is 0 Å². The lowest BCUT2D eigenvalue weighted by Crippen LogP contribution is -2.34. The second-order valence-corrected chi connectivity index (χ2v) is 7.04. The summed E-state index contributed by atoms with van der Waals surface area (Å²) in [6.45, 7) is 0. The van der Waals surface area contributed by atoms with Gasteiger partial charge in [-0.05, 0) is 17.7 Å². The molecule has 1 N–H and O–H groups in total. The van der Waals surface area contributed by atoms with Gasteiger partial charge < -0.3 is 9.42 Å². The Kier molecular flexibility index (Phi) is 3.90. The Morgan fingerprint density at radius 1 is 0.957 bits per heavy atom. The smallest absolute Gasteiger partial charge is 0.323 e. The zero-order valence-electron chi connectivity index (χ0n) is 12.2. The number of carbonyl (C=O) groups excluding carboxylic acids is 2. The van der Waals surface area contributed by atoms with Crippen molar-refractivity contribution in [3.05, 3.63) is 71.3 Å². The second kappa shape index (κ2) is 5.74. The van der Waals surface area contributed by atoms with Crippen molar-refractivity contribution >= 4 is 19.4 Å². The molecule has 2 aromatic rings. The van der Waals surface area contributed by atoms with Crippen LogP contribution in [0.5, 0.6) is 0 Å². The normalized spacial score (nSPS) is 17.7. The summed E-state index contributed by atoms with van der Waals surface area (Å²) in [4.78, 5) is 36.2. The summed E-state index contributed by atoms with van der Waals surface area (Å²) in [7, 11) is -3.20. The third kappa shape index (κ3) is 2.51. The van der Waals surface area contributed by atoms with E-state index in [9.17, 15) is 19.0 Å². The first-order valence-electron chi connectivity index (χ1n) is 6.87. The molecule has 7 heteroatoms. The highest BCUT2D eigenvalue weighted by molar-refractivity contribution is 7.53. The van der Waals surface area contributed by atoms with Crippen molar-refractivity contribution in [2.75, 3.05) is 7.11 Å². The van der Waals surface area contributed by atoms with E-state index in [2.05, 4.69) is 0 Å². The minimum Gasteiger partial charge on any atom is -0.323 e. The van der Waals surface area contributed by atoms with Crippen LogP contribution in [0.2, 0.25) is 0 Å². The van der Waals surface area contributed by atoms with Gasteiger partial charge in [0.05, 0.1) is 11.1 Å². The second-order valence-electron chi connectivity index (χ2n) is 5.06. The van der Waals surface area contributed by atoms with E-state index in [-0.39, 0.29) is 11.1 Å². The fourth-order valence-electron chi connectivity index (χ4n) is 2.64. The Hall–Kier alpha value is -2.27. The summed E-state index contributed by atoms with van der Waals surface area (Å²) in [6.07, 6.45) is 0. The Morgan fingerprint density at radius 3 is 1.91 bits per heavy atom. The zero-order chi connectivity index (χ0) is 16.6. The van der Waals surface area contributed by atoms with Gasteiger partial charge in [-0.3, -0.25) is 19.1 Å². The van der Waals surface area contributed by atoms with E-state index in [1.807, 2.05) is 0 Å². The van der Waals surface area contributed by atoms with Crippen LogP contribution in [0.4, 0.5) is 0 Å². The molecule has 0 aliphatic carbocycles. The van der Waals surface area contributed by atoms with Crippen LogP contribution >= 0.6 is 7.60 Å². The van der Waals surface area contributed by atoms with E-state index in [0.29, 0.717) is 5.56 Å². The van der Waals surface area contributed by atoms with Gasteiger partial charge in [-0.2, -0.15) is 0 Å². The van der Waals surface area contributed by atoms with Gasteiger partial charge in [0.2, 0.25) is 0 Å². The molecule has 3 rings (SSSR count). The van der Waals surface area contributed by atoms with Crippen LogP contribution in [0, 0.1) is 0 Å². The number of carbonyl (C=O) groups is 2. The van der Waals surface area contributed by atoms with Gasteiger partial charge in [0.15, 0.2) is 5.78 Å². The number of benzene rings is 2. The lowest BCUT2D eigenvalue weighted by Gasteiger charge is -2.28. The minimum atomic E-state index is -4.27. The van der Waals surface area contributed by atoms with Crippen molar-refractivity contribution in [1.82, 2.24) is 4.90 Å².